The van der Waals surface area contributed by atoms with E-state index in [0.717, 1.165) is 22.2 Å². The van der Waals surface area contributed by atoms with Gasteiger partial charge in [0.2, 0.25) is 5.91 Å². The smallest absolute Gasteiger partial charge is 0.328 e. The summed E-state index contributed by atoms with van der Waals surface area (Å²) in [6, 6.07) is 7.48. The van der Waals surface area contributed by atoms with Crippen molar-refractivity contribution < 1.29 is 19.8 Å². The van der Waals surface area contributed by atoms with Gasteiger partial charge in [0.25, 0.3) is 0 Å². The summed E-state index contributed by atoms with van der Waals surface area (Å²) < 4.78 is 0.946. The first-order valence-electron chi connectivity index (χ1n) is 6.59. The van der Waals surface area contributed by atoms with Crippen molar-refractivity contribution in [1.82, 2.24) is 4.90 Å². The average molecular weight is 354 g/mol. The van der Waals surface area contributed by atoms with Crippen molar-refractivity contribution in [2.24, 2.45) is 0 Å². The Morgan fingerprint density at radius 2 is 1.71 bits per heavy atom. The number of aliphatic carboxylic acids is 1. The fraction of sp³-hybridized carbons (Fsp3) is 0.333. The van der Waals surface area contributed by atoms with Crippen LogP contribution in [-0.2, 0) is 15.2 Å². The summed E-state index contributed by atoms with van der Waals surface area (Å²) in [6.07, 6.45) is 2.74. The average Bonchev–Trinajstić information content (AvgIpc) is 2.46. The molecule has 6 heteroatoms. The van der Waals surface area contributed by atoms with Crippen molar-refractivity contribution in [3.05, 3.63) is 46.5 Å². The number of hydrogen-bond donors (Lipinski definition) is 2. The zero-order valence-electron chi connectivity index (χ0n) is 11.3. The van der Waals surface area contributed by atoms with E-state index >= 15 is 0 Å². The van der Waals surface area contributed by atoms with E-state index in [1.807, 2.05) is 24.3 Å². The summed E-state index contributed by atoms with van der Waals surface area (Å²) in [6.45, 7) is 0.796. The second-order valence-corrected chi connectivity index (χ2v) is 5.95. The standard InChI is InChI=1S/C15H16BrNO4/c16-12-3-1-11(2-4-12)15(21)7-9-17(10-8-15)13(18)5-6-14(19)20/h1-6,21H,7-10H2,(H,19,20). The molecule has 0 aromatic heterocycles. The molecule has 1 heterocycles. The van der Waals surface area contributed by atoms with Gasteiger partial charge in [0.05, 0.1) is 5.60 Å². The molecular formula is C15H16BrNO4. The predicted molar refractivity (Wildman–Crippen MR) is 80.6 cm³/mol. The van der Waals surface area contributed by atoms with Gasteiger partial charge in [-0.25, -0.2) is 4.79 Å². The second kappa shape index (κ2) is 6.41. The number of carbonyl (C=O) groups is 2. The first-order valence-corrected chi connectivity index (χ1v) is 7.38. The Bertz CT molecular complexity index is 560. The number of benzene rings is 1. The Hall–Kier alpha value is -1.66. The quantitative estimate of drug-likeness (QED) is 0.813. The normalized spacial score (nSPS) is 17.9. The van der Waals surface area contributed by atoms with Crippen LogP contribution in [0.3, 0.4) is 0 Å². The molecule has 1 aliphatic rings. The van der Waals surface area contributed by atoms with Crippen LogP contribution in [0.5, 0.6) is 0 Å². The van der Waals surface area contributed by atoms with Gasteiger partial charge < -0.3 is 15.1 Å². The van der Waals surface area contributed by atoms with Crippen LogP contribution < -0.4 is 0 Å². The SMILES string of the molecule is O=C(O)C=CC(=O)N1CCC(O)(c2ccc(Br)cc2)CC1. The molecule has 1 aromatic carbocycles. The maximum absolute atomic E-state index is 11.8. The van der Waals surface area contributed by atoms with E-state index in [4.69, 9.17) is 5.11 Å². The summed E-state index contributed by atoms with van der Waals surface area (Å²) in [5, 5.41) is 19.2. The largest absolute Gasteiger partial charge is 0.478 e. The lowest BCUT2D eigenvalue weighted by molar-refractivity contribution is -0.133. The third-order valence-electron chi connectivity index (χ3n) is 3.65. The van der Waals surface area contributed by atoms with Crippen LogP contribution in [0.25, 0.3) is 0 Å². The van der Waals surface area contributed by atoms with Crippen molar-refractivity contribution in [3.63, 3.8) is 0 Å². The molecule has 2 N–H and O–H groups in total. The fourth-order valence-corrected chi connectivity index (χ4v) is 2.66. The summed E-state index contributed by atoms with van der Waals surface area (Å²) in [5.74, 6) is -1.48. The van der Waals surface area contributed by atoms with Gasteiger partial charge in [-0.3, -0.25) is 4.79 Å². The number of hydrogen-bond acceptors (Lipinski definition) is 3. The first-order chi connectivity index (χ1) is 9.90. The van der Waals surface area contributed by atoms with Crippen molar-refractivity contribution >= 4 is 27.8 Å². The van der Waals surface area contributed by atoms with E-state index in [-0.39, 0.29) is 5.91 Å². The minimum absolute atomic E-state index is 0.338. The van der Waals surface area contributed by atoms with Crippen LogP contribution >= 0.6 is 15.9 Å². The summed E-state index contributed by atoms with van der Waals surface area (Å²) in [4.78, 5) is 23.7. The second-order valence-electron chi connectivity index (χ2n) is 5.04. The number of piperidine rings is 1. The molecule has 0 saturated carbocycles. The summed E-state index contributed by atoms with van der Waals surface area (Å²) in [5.41, 5.74) is -0.104. The Morgan fingerprint density at radius 3 is 2.24 bits per heavy atom. The molecule has 0 spiro atoms. The molecule has 1 aliphatic heterocycles. The molecule has 0 aliphatic carbocycles. The Morgan fingerprint density at radius 1 is 1.14 bits per heavy atom. The molecular weight excluding hydrogens is 338 g/mol. The third-order valence-corrected chi connectivity index (χ3v) is 4.18. The lowest BCUT2D eigenvalue weighted by Gasteiger charge is -2.38. The van der Waals surface area contributed by atoms with Gasteiger partial charge >= 0.3 is 5.97 Å². The van der Waals surface area contributed by atoms with E-state index in [0.29, 0.717) is 25.9 Å². The molecule has 0 unspecified atom stereocenters. The van der Waals surface area contributed by atoms with Crippen LogP contribution in [0, 0.1) is 0 Å². The highest BCUT2D eigenvalue weighted by molar-refractivity contribution is 9.10. The highest BCUT2D eigenvalue weighted by atomic mass is 79.9. The molecule has 0 radical (unpaired) electrons. The molecule has 1 aromatic rings. The van der Waals surface area contributed by atoms with Gasteiger partial charge in [-0.15, -0.1) is 0 Å². The van der Waals surface area contributed by atoms with Crippen LogP contribution in [-0.4, -0.2) is 40.1 Å². The van der Waals surface area contributed by atoms with E-state index in [9.17, 15) is 14.7 Å². The van der Waals surface area contributed by atoms with Gasteiger partial charge in [-0.1, -0.05) is 28.1 Å². The van der Waals surface area contributed by atoms with Crippen molar-refractivity contribution in [2.75, 3.05) is 13.1 Å². The molecule has 5 nitrogen and oxygen atoms in total. The number of carboxylic acid groups (broad SMARTS) is 1. The van der Waals surface area contributed by atoms with E-state index < -0.39 is 11.6 Å². The number of aliphatic hydroxyl groups is 1. The number of rotatable bonds is 3. The van der Waals surface area contributed by atoms with Crippen LogP contribution in [0.4, 0.5) is 0 Å². The van der Waals surface area contributed by atoms with E-state index in [1.54, 1.807) is 4.90 Å². The van der Waals surface area contributed by atoms with Gasteiger partial charge in [0, 0.05) is 29.7 Å². The topological polar surface area (TPSA) is 77.8 Å². The van der Waals surface area contributed by atoms with Crippen LogP contribution in [0.2, 0.25) is 0 Å². The predicted octanol–water partition coefficient (Wildman–Crippen LogP) is 1.90. The molecule has 21 heavy (non-hydrogen) atoms. The monoisotopic (exact) mass is 353 g/mol. The Balaban J connectivity index is 2.00. The zero-order chi connectivity index (χ0) is 15.5. The van der Waals surface area contributed by atoms with E-state index in [1.165, 1.54) is 0 Å². The highest BCUT2D eigenvalue weighted by Crippen LogP contribution is 2.33. The molecule has 1 saturated heterocycles. The van der Waals surface area contributed by atoms with Crippen molar-refractivity contribution in [3.8, 4) is 0 Å². The number of nitrogens with zero attached hydrogens (tertiary/aromatic N) is 1. The van der Waals surface area contributed by atoms with Gasteiger partial charge in [0.15, 0.2) is 0 Å². The molecule has 1 amide bonds. The summed E-state index contributed by atoms with van der Waals surface area (Å²) >= 11 is 3.35. The minimum Gasteiger partial charge on any atom is -0.478 e. The lowest BCUT2D eigenvalue weighted by atomic mass is 9.84. The van der Waals surface area contributed by atoms with Gasteiger partial charge in [-0.05, 0) is 30.5 Å². The molecule has 112 valence electrons. The van der Waals surface area contributed by atoms with Gasteiger partial charge in [0.1, 0.15) is 0 Å². The molecule has 2 rings (SSSR count). The third kappa shape index (κ3) is 3.92. The van der Waals surface area contributed by atoms with Crippen LogP contribution in [0.15, 0.2) is 40.9 Å². The highest BCUT2D eigenvalue weighted by Gasteiger charge is 2.34. The maximum Gasteiger partial charge on any atom is 0.328 e. The zero-order valence-corrected chi connectivity index (χ0v) is 12.9. The van der Waals surface area contributed by atoms with Crippen molar-refractivity contribution in [2.45, 2.75) is 18.4 Å². The Labute approximate surface area is 131 Å². The Kier molecular flexibility index (Phi) is 4.80. The minimum atomic E-state index is -1.15. The fourth-order valence-electron chi connectivity index (χ4n) is 2.39. The van der Waals surface area contributed by atoms with Gasteiger partial charge in [-0.2, -0.15) is 0 Å². The summed E-state index contributed by atoms with van der Waals surface area (Å²) in [7, 11) is 0. The lowest BCUT2D eigenvalue weighted by Crippen LogP contribution is -2.44. The molecule has 0 bridgehead atoms. The number of halogens is 1. The number of carboxylic acids is 1. The van der Waals surface area contributed by atoms with E-state index in [2.05, 4.69) is 15.9 Å². The number of amides is 1. The number of likely N-dealkylation sites (tertiary alicyclic amines) is 1. The maximum atomic E-state index is 11.8. The van der Waals surface area contributed by atoms with Crippen LogP contribution in [0.1, 0.15) is 18.4 Å². The molecule has 0 atom stereocenters. The number of carbonyl (C=O) groups excluding carboxylic acids is 1. The van der Waals surface area contributed by atoms with Crippen molar-refractivity contribution in [1.29, 1.82) is 0 Å². The molecule has 1 fully saturated rings. The first kappa shape index (κ1) is 15.7.